The summed E-state index contributed by atoms with van der Waals surface area (Å²) in [5.41, 5.74) is -0.136. The first-order chi connectivity index (χ1) is 7.65. The van der Waals surface area contributed by atoms with Crippen LogP contribution in [-0.4, -0.2) is 30.4 Å². The highest BCUT2D eigenvalue weighted by molar-refractivity contribution is 5.80. The predicted molar refractivity (Wildman–Crippen MR) is 56.8 cm³/mol. The molecule has 0 radical (unpaired) electrons. The number of ether oxygens (including phenoxy) is 1. The molecular formula is C12H17NO3. The molecule has 4 aliphatic rings. The van der Waals surface area contributed by atoms with Gasteiger partial charge in [0.05, 0.1) is 6.10 Å². The summed E-state index contributed by atoms with van der Waals surface area (Å²) in [5.74, 6) is -0.0221. The van der Waals surface area contributed by atoms with E-state index in [0.717, 1.165) is 38.4 Å². The quantitative estimate of drug-likeness (QED) is 0.701. The van der Waals surface area contributed by atoms with Crippen LogP contribution in [0, 0.1) is 5.41 Å². The SMILES string of the molecule is O=CC12CC(NC(=O)COC3CCC3)(C1)C2. The highest BCUT2D eigenvalue weighted by Gasteiger charge is 2.68. The van der Waals surface area contributed by atoms with Crippen molar-refractivity contribution in [1.82, 2.24) is 5.32 Å². The third-order valence-electron chi connectivity index (χ3n) is 4.23. The molecule has 0 aromatic rings. The zero-order valence-electron chi connectivity index (χ0n) is 9.33. The number of nitrogens with one attached hydrogen (secondary N) is 1. The third kappa shape index (κ3) is 1.47. The van der Waals surface area contributed by atoms with Gasteiger partial charge in [0.25, 0.3) is 0 Å². The van der Waals surface area contributed by atoms with Crippen molar-refractivity contribution < 1.29 is 14.3 Å². The standard InChI is InChI=1S/C12H17NO3/c14-8-11-5-12(6-11,7-11)13-10(15)4-16-9-2-1-3-9/h8-9H,1-7H2,(H,13,15). The molecule has 4 heteroatoms. The number of hydrogen-bond donors (Lipinski definition) is 1. The molecule has 0 heterocycles. The van der Waals surface area contributed by atoms with Crippen LogP contribution >= 0.6 is 0 Å². The van der Waals surface area contributed by atoms with E-state index >= 15 is 0 Å². The Morgan fingerprint density at radius 2 is 2.06 bits per heavy atom. The average molecular weight is 223 g/mol. The molecule has 4 nitrogen and oxygen atoms in total. The highest BCUT2D eigenvalue weighted by atomic mass is 16.5. The van der Waals surface area contributed by atoms with Crippen LogP contribution in [0.5, 0.6) is 0 Å². The molecule has 4 saturated carbocycles. The van der Waals surface area contributed by atoms with E-state index in [-0.39, 0.29) is 23.5 Å². The minimum Gasteiger partial charge on any atom is -0.368 e. The van der Waals surface area contributed by atoms with Gasteiger partial charge in [-0.05, 0) is 38.5 Å². The topological polar surface area (TPSA) is 55.4 Å². The summed E-state index contributed by atoms with van der Waals surface area (Å²) in [4.78, 5) is 22.3. The zero-order valence-corrected chi connectivity index (χ0v) is 9.33. The summed E-state index contributed by atoms with van der Waals surface area (Å²) in [6.07, 6.45) is 7.25. The molecule has 16 heavy (non-hydrogen) atoms. The molecule has 4 aliphatic carbocycles. The van der Waals surface area contributed by atoms with Crippen LogP contribution < -0.4 is 5.32 Å². The number of amides is 1. The lowest BCUT2D eigenvalue weighted by atomic mass is 9.40. The Kier molecular flexibility index (Phi) is 2.11. The fourth-order valence-corrected chi connectivity index (χ4v) is 3.19. The Bertz CT molecular complexity index is 315. The zero-order chi connectivity index (χ0) is 11.2. The van der Waals surface area contributed by atoms with Gasteiger partial charge in [-0.25, -0.2) is 0 Å². The number of rotatable bonds is 5. The molecule has 0 aromatic heterocycles. The van der Waals surface area contributed by atoms with Crippen LogP contribution in [0.25, 0.3) is 0 Å². The van der Waals surface area contributed by atoms with E-state index in [1.807, 2.05) is 0 Å². The van der Waals surface area contributed by atoms with Crippen molar-refractivity contribution >= 4 is 12.2 Å². The van der Waals surface area contributed by atoms with Gasteiger partial charge < -0.3 is 14.8 Å². The maximum atomic E-state index is 11.6. The van der Waals surface area contributed by atoms with E-state index in [9.17, 15) is 9.59 Å². The second kappa shape index (κ2) is 3.29. The lowest BCUT2D eigenvalue weighted by molar-refractivity contribution is -0.172. The number of aldehydes is 1. The predicted octanol–water partition coefficient (Wildman–Crippen LogP) is 0.793. The second-order valence-corrected chi connectivity index (χ2v) is 5.70. The van der Waals surface area contributed by atoms with Gasteiger partial charge in [-0.2, -0.15) is 0 Å². The fraction of sp³-hybridized carbons (Fsp3) is 0.833. The van der Waals surface area contributed by atoms with Crippen molar-refractivity contribution in [3.63, 3.8) is 0 Å². The summed E-state index contributed by atoms with van der Waals surface area (Å²) in [5, 5.41) is 3.00. The number of carbonyl (C=O) groups excluding carboxylic acids is 2. The van der Waals surface area contributed by atoms with E-state index < -0.39 is 0 Å². The second-order valence-electron chi connectivity index (χ2n) is 5.70. The first-order valence-electron chi connectivity index (χ1n) is 6.04. The fourth-order valence-electron chi connectivity index (χ4n) is 3.19. The number of carbonyl (C=O) groups is 2. The average Bonchev–Trinajstić information content (AvgIpc) is 2.06. The van der Waals surface area contributed by atoms with Crippen LogP contribution in [-0.2, 0) is 14.3 Å². The first kappa shape index (κ1) is 10.3. The van der Waals surface area contributed by atoms with Crippen molar-refractivity contribution in [3.8, 4) is 0 Å². The van der Waals surface area contributed by atoms with Crippen molar-refractivity contribution in [2.45, 2.75) is 50.2 Å². The summed E-state index contributed by atoms with van der Waals surface area (Å²) >= 11 is 0. The first-order valence-corrected chi connectivity index (χ1v) is 6.04. The van der Waals surface area contributed by atoms with E-state index in [2.05, 4.69) is 5.32 Å². The van der Waals surface area contributed by atoms with Gasteiger partial charge in [0, 0.05) is 11.0 Å². The van der Waals surface area contributed by atoms with Crippen molar-refractivity contribution in [2.75, 3.05) is 6.61 Å². The van der Waals surface area contributed by atoms with E-state index in [4.69, 9.17) is 4.74 Å². The largest absolute Gasteiger partial charge is 0.368 e. The molecular weight excluding hydrogens is 206 g/mol. The maximum absolute atomic E-state index is 11.6. The van der Waals surface area contributed by atoms with Crippen LogP contribution in [0.2, 0.25) is 0 Å². The summed E-state index contributed by atoms with van der Waals surface area (Å²) in [6, 6.07) is 0. The van der Waals surface area contributed by atoms with Crippen molar-refractivity contribution in [1.29, 1.82) is 0 Å². The Balaban J connectivity index is 1.39. The van der Waals surface area contributed by atoms with Crippen LogP contribution in [0.4, 0.5) is 0 Å². The maximum Gasteiger partial charge on any atom is 0.246 e. The Hall–Kier alpha value is -0.900. The number of hydrogen-bond acceptors (Lipinski definition) is 3. The third-order valence-corrected chi connectivity index (χ3v) is 4.23. The minimum absolute atomic E-state index is 0.0221. The van der Waals surface area contributed by atoms with Crippen molar-refractivity contribution in [3.05, 3.63) is 0 Å². The molecule has 4 fully saturated rings. The van der Waals surface area contributed by atoms with Gasteiger partial charge >= 0.3 is 0 Å². The monoisotopic (exact) mass is 223 g/mol. The lowest BCUT2D eigenvalue weighted by Crippen LogP contribution is -2.75. The van der Waals surface area contributed by atoms with Gasteiger partial charge in [-0.1, -0.05) is 0 Å². The Morgan fingerprint density at radius 1 is 1.38 bits per heavy atom. The Morgan fingerprint density at radius 3 is 2.56 bits per heavy atom. The van der Waals surface area contributed by atoms with Crippen LogP contribution in [0.15, 0.2) is 0 Å². The highest BCUT2D eigenvalue weighted by Crippen LogP contribution is 2.65. The molecule has 1 N–H and O–H groups in total. The molecule has 0 unspecified atom stereocenters. The normalized spacial score (nSPS) is 40.2. The molecule has 0 aromatic carbocycles. The van der Waals surface area contributed by atoms with Crippen LogP contribution in [0.3, 0.4) is 0 Å². The van der Waals surface area contributed by atoms with Gasteiger partial charge in [0.2, 0.25) is 5.91 Å². The minimum atomic E-state index is -0.0812. The molecule has 0 saturated heterocycles. The lowest BCUT2D eigenvalue weighted by Gasteiger charge is -2.68. The van der Waals surface area contributed by atoms with Gasteiger partial charge in [-0.3, -0.25) is 4.79 Å². The summed E-state index contributed by atoms with van der Waals surface area (Å²) < 4.78 is 5.44. The van der Waals surface area contributed by atoms with E-state index in [0.29, 0.717) is 6.10 Å². The van der Waals surface area contributed by atoms with Crippen LogP contribution in [0.1, 0.15) is 38.5 Å². The summed E-state index contributed by atoms with van der Waals surface area (Å²) in [7, 11) is 0. The molecule has 2 bridgehead atoms. The molecule has 4 rings (SSSR count). The molecule has 0 aliphatic heterocycles. The molecule has 0 spiro atoms. The van der Waals surface area contributed by atoms with Gasteiger partial charge in [0.15, 0.2) is 0 Å². The van der Waals surface area contributed by atoms with Gasteiger partial charge in [-0.15, -0.1) is 0 Å². The molecule has 0 atom stereocenters. The van der Waals surface area contributed by atoms with E-state index in [1.54, 1.807) is 0 Å². The van der Waals surface area contributed by atoms with Gasteiger partial charge in [0.1, 0.15) is 12.9 Å². The van der Waals surface area contributed by atoms with Crippen molar-refractivity contribution in [2.24, 2.45) is 5.41 Å². The smallest absolute Gasteiger partial charge is 0.246 e. The molecule has 1 amide bonds. The summed E-state index contributed by atoms with van der Waals surface area (Å²) in [6.45, 7) is 0.181. The Labute approximate surface area is 94.7 Å². The molecule has 88 valence electrons. The van der Waals surface area contributed by atoms with E-state index in [1.165, 1.54) is 6.42 Å².